The van der Waals surface area contributed by atoms with E-state index in [1.165, 1.54) is 24.3 Å². The van der Waals surface area contributed by atoms with Gasteiger partial charge in [0.25, 0.3) is 10.0 Å². The minimum absolute atomic E-state index is 0.0168. The fraction of sp³-hybridized carbons (Fsp3) is 0.176. The smallest absolute Gasteiger partial charge is 0.416 e. The Hall–Kier alpha value is -2.73. The van der Waals surface area contributed by atoms with E-state index >= 15 is 0 Å². The number of hydrogen-bond acceptors (Lipinski definition) is 3. The monoisotopic (exact) mass is 387 g/mol. The van der Waals surface area contributed by atoms with Crippen molar-refractivity contribution in [1.29, 1.82) is 0 Å². The van der Waals surface area contributed by atoms with Gasteiger partial charge in [0.2, 0.25) is 0 Å². The number of ether oxygens (including phenoxy) is 1. The van der Waals surface area contributed by atoms with Crippen LogP contribution < -0.4 is 9.04 Å². The number of halogens is 4. The Morgan fingerprint density at radius 1 is 1.15 bits per heavy atom. The van der Waals surface area contributed by atoms with Crippen LogP contribution in [0, 0.1) is 18.2 Å². The lowest BCUT2D eigenvalue weighted by Gasteiger charge is -2.21. The van der Waals surface area contributed by atoms with Crippen LogP contribution in [0.2, 0.25) is 0 Å². The van der Waals surface area contributed by atoms with Crippen molar-refractivity contribution in [2.75, 3.05) is 18.0 Å². The Kier molecular flexibility index (Phi) is 5.47. The Bertz CT molecular complexity index is 932. The van der Waals surface area contributed by atoms with Gasteiger partial charge < -0.3 is 4.74 Å². The second-order valence-electron chi connectivity index (χ2n) is 5.10. The Morgan fingerprint density at radius 3 is 2.31 bits per heavy atom. The summed E-state index contributed by atoms with van der Waals surface area (Å²) in [7, 11) is -3.45. The third-order valence-electron chi connectivity index (χ3n) is 3.42. The lowest BCUT2D eigenvalue weighted by molar-refractivity contribution is -0.137. The molecule has 0 saturated heterocycles. The first kappa shape index (κ1) is 19.6. The molecule has 0 heterocycles. The molecule has 0 atom stereocenters. The van der Waals surface area contributed by atoms with Crippen molar-refractivity contribution in [3.05, 3.63) is 53.8 Å². The van der Waals surface area contributed by atoms with E-state index in [0.717, 1.165) is 7.05 Å². The van der Waals surface area contributed by atoms with E-state index in [4.69, 9.17) is 11.2 Å². The molecule has 0 unspecified atom stereocenters. The van der Waals surface area contributed by atoms with Crippen molar-refractivity contribution in [2.45, 2.75) is 11.1 Å². The third kappa shape index (κ3) is 4.08. The van der Waals surface area contributed by atoms with Crippen LogP contribution in [0.3, 0.4) is 0 Å². The van der Waals surface area contributed by atoms with Crippen molar-refractivity contribution < 1.29 is 30.7 Å². The van der Waals surface area contributed by atoms with Crippen LogP contribution in [0.15, 0.2) is 47.4 Å². The van der Waals surface area contributed by atoms with E-state index in [2.05, 4.69) is 5.92 Å². The van der Waals surface area contributed by atoms with Crippen molar-refractivity contribution in [3.63, 3.8) is 0 Å². The topological polar surface area (TPSA) is 46.6 Å². The quantitative estimate of drug-likeness (QED) is 0.581. The van der Waals surface area contributed by atoms with E-state index in [1.807, 2.05) is 0 Å². The first-order valence-electron chi connectivity index (χ1n) is 7.09. The fourth-order valence-corrected chi connectivity index (χ4v) is 3.33. The third-order valence-corrected chi connectivity index (χ3v) is 5.22. The molecule has 9 heteroatoms. The summed E-state index contributed by atoms with van der Waals surface area (Å²) in [4.78, 5) is -1.07. The molecule has 0 spiro atoms. The zero-order valence-corrected chi connectivity index (χ0v) is 14.2. The summed E-state index contributed by atoms with van der Waals surface area (Å²) in [6, 6.07) is 6.80. The molecule has 2 aromatic carbocycles. The molecule has 0 saturated carbocycles. The van der Waals surface area contributed by atoms with E-state index in [1.54, 1.807) is 0 Å². The van der Waals surface area contributed by atoms with Gasteiger partial charge in [-0.25, -0.2) is 12.8 Å². The number of alkyl halides is 3. The zero-order valence-electron chi connectivity index (χ0n) is 13.4. The fourth-order valence-electron chi connectivity index (χ4n) is 2.04. The summed E-state index contributed by atoms with van der Waals surface area (Å²) in [5, 5.41) is 0. The second-order valence-corrected chi connectivity index (χ2v) is 7.04. The molecule has 0 radical (unpaired) electrons. The highest BCUT2D eigenvalue weighted by Gasteiger charge is 2.34. The van der Waals surface area contributed by atoms with Crippen LogP contribution in [0.5, 0.6) is 5.75 Å². The van der Waals surface area contributed by atoms with Crippen LogP contribution in [0.1, 0.15) is 5.56 Å². The van der Waals surface area contributed by atoms with Gasteiger partial charge in [-0.3, -0.25) is 4.31 Å². The van der Waals surface area contributed by atoms with Crippen molar-refractivity contribution in [2.24, 2.45) is 0 Å². The highest BCUT2D eigenvalue weighted by Crippen LogP contribution is 2.33. The highest BCUT2D eigenvalue weighted by molar-refractivity contribution is 7.92. The molecule has 0 aliphatic rings. The van der Waals surface area contributed by atoms with Gasteiger partial charge in [-0.1, -0.05) is 5.92 Å². The molecule has 0 bridgehead atoms. The van der Waals surface area contributed by atoms with Gasteiger partial charge in [-0.05, 0) is 42.5 Å². The van der Waals surface area contributed by atoms with Gasteiger partial charge in [-0.15, -0.1) is 6.42 Å². The molecule has 26 heavy (non-hydrogen) atoms. The minimum atomic E-state index is -4.80. The van der Waals surface area contributed by atoms with Gasteiger partial charge >= 0.3 is 6.18 Å². The average Bonchev–Trinajstić information content (AvgIpc) is 2.59. The van der Waals surface area contributed by atoms with Gasteiger partial charge in [0.05, 0.1) is 11.3 Å². The van der Waals surface area contributed by atoms with Crippen LogP contribution in [0.25, 0.3) is 0 Å². The molecule has 138 valence electrons. The standard InChI is InChI=1S/C17H13F4NO3S/c1-3-10-25-14-7-5-13(6-8-14)22(2)26(23,24)16-11-12(17(19,20)21)4-9-15(16)18/h1,4-9,11H,10H2,2H3. The summed E-state index contributed by atoms with van der Waals surface area (Å²) in [5.74, 6) is 1.36. The summed E-state index contributed by atoms with van der Waals surface area (Å²) in [6.45, 7) is 0.0168. The molecule has 0 aromatic heterocycles. The minimum Gasteiger partial charge on any atom is -0.481 e. The Labute approximate surface area is 148 Å². The van der Waals surface area contributed by atoms with Crippen LogP contribution >= 0.6 is 0 Å². The highest BCUT2D eigenvalue weighted by atomic mass is 32.2. The molecule has 4 nitrogen and oxygen atoms in total. The van der Waals surface area contributed by atoms with Crippen LogP contribution in [-0.4, -0.2) is 22.1 Å². The number of anilines is 1. The molecule has 2 rings (SSSR count). The van der Waals surface area contributed by atoms with Gasteiger partial charge in [0.1, 0.15) is 23.1 Å². The number of hydrogen-bond donors (Lipinski definition) is 0. The predicted molar refractivity (Wildman–Crippen MR) is 87.8 cm³/mol. The summed E-state index contributed by atoms with van der Waals surface area (Å²) in [5.41, 5.74) is -1.15. The Balaban J connectivity index is 2.39. The number of terminal acetylenes is 1. The molecule has 2 aromatic rings. The van der Waals surface area contributed by atoms with Crippen molar-refractivity contribution in [3.8, 4) is 18.1 Å². The zero-order chi connectivity index (χ0) is 19.5. The van der Waals surface area contributed by atoms with Gasteiger partial charge in [0, 0.05) is 7.05 Å². The van der Waals surface area contributed by atoms with Gasteiger partial charge in [0.15, 0.2) is 0 Å². The van der Waals surface area contributed by atoms with E-state index in [0.29, 0.717) is 22.2 Å². The van der Waals surface area contributed by atoms with E-state index in [-0.39, 0.29) is 18.4 Å². The summed E-state index contributed by atoms with van der Waals surface area (Å²) < 4.78 is 83.2. The van der Waals surface area contributed by atoms with Crippen molar-refractivity contribution in [1.82, 2.24) is 0 Å². The molecule has 0 amide bonds. The first-order chi connectivity index (χ1) is 12.1. The maximum Gasteiger partial charge on any atom is 0.416 e. The molecular weight excluding hydrogens is 374 g/mol. The number of benzene rings is 2. The molecule has 0 aliphatic carbocycles. The number of nitrogens with zero attached hydrogens (tertiary/aromatic N) is 1. The average molecular weight is 387 g/mol. The first-order valence-corrected chi connectivity index (χ1v) is 8.53. The number of rotatable bonds is 5. The largest absolute Gasteiger partial charge is 0.481 e. The van der Waals surface area contributed by atoms with Crippen LogP contribution in [0.4, 0.5) is 23.2 Å². The molecule has 0 aliphatic heterocycles. The predicted octanol–water partition coefficient (Wildman–Crippen LogP) is 3.68. The lowest BCUT2D eigenvalue weighted by atomic mass is 10.2. The maximum atomic E-state index is 13.9. The van der Waals surface area contributed by atoms with E-state index in [9.17, 15) is 26.0 Å². The van der Waals surface area contributed by atoms with E-state index < -0.39 is 32.5 Å². The summed E-state index contributed by atoms with van der Waals surface area (Å²) >= 11 is 0. The molecule has 0 N–H and O–H groups in total. The summed E-state index contributed by atoms with van der Waals surface area (Å²) in [6.07, 6.45) is 0.256. The van der Waals surface area contributed by atoms with Crippen molar-refractivity contribution >= 4 is 15.7 Å². The lowest BCUT2D eigenvalue weighted by Crippen LogP contribution is -2.27. The molecule has 0 fully saturated rings. The Morgan fingerprint density at radius 2 is 1.77 bits per heavy atom. The SMILES string of the molecule is C#CCOc1ccc(N(C)S(=O)(=O)c2cc(C(F)(F)F)ccc2F)cc1. The van der Waals surface area contributed by atoms with Crippen LogP contribution in [-0.2, 0) is 16.2 Å². The maximum absolute atomic E-state index is 13.9. The molecular formula is C17H13F4NO3S. The van der Waals surface area contributed by atoms with Gasteiger partial charge in [-0.2, -0.15) is 13.2 Å². The second kappa shape index (κ2) is 7.25. The normalized spacial score (nSPS) is 11.7. The number of sulfonamides is 1.